The first-order chi connectivity index (χ1) is 11.6. The monoisotopic (exact) mass is 373 g/mol. The Balaban J connectivity index is 0. The van der Waals surface area contributed by atoms with Crippen LogP contribution in [-0.4, -0.2) is 31.7 Å². The van der Waals surface area contributed by atoms with Crippen LogP contribution in [0.25, 0.3) is 0 Å². The molecule has 0 amide bonds. The topological polar surface area (TPSA) is 0 Å². The highest BCUT2D eigenvalue weighted by atomic mass is 35.5. The number of quaternary nitrogens is 1. The summed E-state index contributed by atoms with van der Waals surface area (Å²) in [5.74, 6) is 0. The Bertz CT molecular complexity index is 263. The largest absolute Gasteiger partial charge is 1.00 e. The van der Waals surface area contributed by atoms with Crippen LogP contribution in [0.5, 0.6) is 0 Å². The molecule has 0 heterocycles. The van der Waals surface area contributed by atoms with Crippen molar-refractivity contribution in [2.45, 2.75) is 110 Å². The zero-order chi connectivity index (χ0) is 17.9. The third-order valence-corrected chi connectivity index (χ3v) is 5.24. The number of unbranched alkanes of at least 4 members (excludes halogenated alkanes) is 15. The van der Waals surface area contributed by atoms with Crippen LogP contribution >= 0.6 is 0 Å². The number of rotatable bonds is 19. The number of hydrogen-bond donors (Lipinski definition) is 0. The van der Waals surface area contributed by atoms with Crippen LogP contribution in [0.3, 0.4) is 0 Å². The summed E-state index contributed by atoms with van der Waals surface area (Å²) in [6, 6.07) is 0. The SMILES string of the molecule is C=CC[N+](C)(C)CCCCCCCCCCCCCCCCCC.[Cl-]. The minimum atomic E-state index is 0. The fraction of sp³-hybridized carbons (Fsp3) is 0.913. The zero-order valence-electron chi connectivity index (χ0n) is 17.8. The van der Waals surface area contributed by atoms with Crippen molar-refractivity contribution in [3.63, 3.8) is 0 Å². The van der Waals surface area contributed by atoms with Gasteiger partial charge in [0.1, 0.15) is 0 Å². The molecule has 0 saturated carbocycles. The predicted molar refractivity (Wildman–Crippen MR) is 112 cm³/mol. The quantitative estimate of drug-likeness (QED) is 0.177. The minimum absolute atomic E-state index is 0. The van der Waals surface area contributed by atoms with E-state index in [2.05, 4.69) is 27.6 Å². The molecule has 0 radical (unpaired) electrons. The summed E-state index contributed by atoms with van der Waals surface area (Å²) in [6.45, 7) is 8.54. The summed E-state index contributed by atoms with van der Waals surface area (Å²) in [6.07, 6.45) is 25.2. The van der Waals surface area contributed by atoms with Crippen molar-refractivity contribution in [3.8, 4) is 0 Å². The van der Waals surface area contributed by atoms with Crippen LogP contribution in [0, 0.1) is 0 Å². The smallest absolute Gasteiger partial charge is 0.0966 e. The fourth-order valence-corrected chi connectivity index (χ4v) is 3.53. The van der Waals surface area contributed by atoms with Gasteiger partial charge >= 0.3 is 0 Å². The van der Waals surface area contributed by atoms with Crippen LogP contribution in [0.1, 0.15) is 110 Å². The van der Waals surface area contributed by atoms with E-state index in [1.165, 1.54) is 109 Å². The van der Waals surface area contributed by atoms with E-state index in [1.807, 2.05) is 6.08 Å². The summed E-state index contributed by atoms with van der Waals surface area (Å²) in [5, 5.41) is 0. The summed E-state index contributed by atoms with van der Waals surface area (Å²) >= 11 is 0. The Morgan fingerprint density at radius 3 is 1.24 bits per heavy atom. The van der Waals surface area contributed by atoms with Crippen LogP contribution in [0.15, 0.2) is 12.7 Å². The van der Waals surface area contributed by atoms with Gasteiger partial charge in [0.15, 0.2) is 0 Å². The van der Waals surface area contributed by atoms with Gasteiger partial charge in [0.2, 0.25) is 0 Å². The van der Waals surface area contributed by atoms with Crippen molar-refractivity contribution in [3.05, 3.63) is 12.7 Å². The lowest BCUT2D eigenvalue weighted by Crippen LogP contribution is -3.00. The average molecular weight is 374 g/mol. The molecule has 152 valence electrons. The van der Waals surface area contributed by atoms with Gasteiger partial charge in [-0.25, -0.2) is 0 Å². The molecule has 0 rings (SSSR count). The standard InChI is InChI=1S/C23H48N.ClH/c1-5-7-8-9-10-11-12-13-14-15-16-17-18-19-20-21-23-24(3,4)22-6-2;/h6H,2,5,7-23H2,1,3-4H3;1H/q+1;/p-1. The summed E-state index contributed by atoms with van der Waals surface area (Å²) in [5.41, 5.74) is 0. The molecule has 0 aromatic rings. The molecule has 0 N–H and O–H groups in total. The van der Waals surface area contributed by atoms with Gasteiger partial charge in [0.05, 0.1) is 27.2 Å². The van der Waals surface area contributed by atoms with E-state index in [1.54, 1.807) is 0 Å². The Hall–Kier alpha value is -0.0100. The van der Waals surface area contributed by atoms with Crippen molar-refractivity contribution < 1.29 is 16.9 Å². The summed E-state index contributed by atoms with van der Waals surface area (Å²) < 4.78 is 1.10. The molecule has 2 heteroatoms. The molecule has 0 unspecified atom stereocenters. The Morgan fingerprint density at radius 2 is 0.920 bits per heavy atom. The maximum atomic E-state index is 3.85. The molecule has 0 aliphatic heterocycles. The van der Waals surface area contributed by atoms with Crippen LogP contribution in [0.2, 0.25) is 0 Å². The number of hydrogen-bond acceptors (Lipinski definition) is 0. The first kappa shape index (κ1) is 27.2. The molecule has 0 aromatic heterocycles. The lowest BCUT2D eigenvalue weighted by atomic mass is 10.0. The van der Waals surface area contributed by atoms with Gasteiger partial charge < -0.3 is 16.9 Å². The molecular formula is C23H48ClN. The number of halogens is 1. The Kier molecular flexibility index (Phi) is 22.1. The Labute approximate surface area is 166 Å². The molecule has 0 fully saturated rings. The predicted octanol–water partition coefficient (Wildman–Crippen LogP) is 4.51. The molecule has 1 nitrogen and oxygen atoms in total. The van der Waals surface area contributed by atoms with E-state index in [-0.39, 0.29) is 12.4 Å². The normalized spacial score (nSPS) is 11.3. The molecule has 0 aliphatic rings. The van der Waals surface area contributed by atoms with Gasteiger partial charge in [-0.1, -0.05) is 103 Å². The van der Waals surface area contributed by atoms with Crippen LogP contribution < -0.4 is 12.4 Å². The van der Waals surface area contributed by atoms with Crippen LogP contribution in [-0.2, 0) is 0 Å². The highest BCUT2D eigenvalue weighted by molar-refractivity contribution is 4.64. The van der Waals surface area contributed by atoms with Gasteiger partial charge in [-0.2, -0.15) is 0 Å². The molecule has 0 spiro atoms. The molecule has 0 bridgehead atoms. The first-order valence-electron chi connectivity index (χ1n) is 11.1. The van der Waals surface area contributed by atoms with Crippen molar-refractivity contribution in [2.24, 2.45) is 0 Å². The first-order valence-corrected chi connectivity index (χ1v) is 11.1. The minimum Gasteiger partial charge on any atom is -1.00 e. The van der Waals surface area contributed by atoms with Crippen molar-refractivity contribution in [1.82, 2.24) is 0 Å². The third-order valence-electron chi connectivity index (χ3n) is 5.24. The number of likely N-dealkylation sites (N-methyl/N-ethyl adjacent to an activating group) is 1. The maximum Gasteiger partial charge on any atom is 0.0966 e. The maximum absolute atomic E-state index is 3.85. The van der Waals surface area contributed by atoms with Crippen LogP contribution in [0.4, 0.5) is 0 Å². The van der Waals surface area contributed by atoms with E-state index in [9.17, 15) is 0 Å². The van der Waals surface area contributed by atoms with Crippen molar-refractivity contribution in [1.29, 1.82) is 0 Å². The van der Waals surface area contributed by atoms with Gasteiger partial charge in [-0.05, 0) is 18.9 Å². The highest BCUT2D eigenvalue weighted by Crippen LogP contribution is 2.14. The number of nitrogens with zero attached hydrogens (tertiary/aromatic N) is 1. The molecule has 0 aromatic carbocycles. The van der Waals surface area contributed by atoms with Gasteiger partial charge in [0.25, 0.3) is 0 Å². The lowest BCUT2D eigenvalue weighted by Gasteiger charge is -2.28. The van der Waals surface area contributed by atoms with E-state index in [0.29, 0.717) is 0 Å². The third kappa shape index (κ3) is 21.9. The van der Waals surface area contributed by atoms with E-state index < -0.39 is 0 Å². The van der Waals surface area contributed by atoms with Gasteiger partial charge in [-0.3, -0.25) is 0 Å². The second-order valence-corrected chi connectivity index (χ2v) is 8.43. The van der Waals surface area contributed by atoms with Gasteiger partial charge in [-0.15, -0.1) is 0 Å². The van der Waals surface area contributed by atoms with Crippen molar-refractivity contribution in [2.75, 3.05) is 27.2 Å². The molecule has 25 heavy (non-hydrogen) atoms. The summed E-state index contributed by atoms with van der Waals surface area (Å²) in [4.78, 5) is 0. The Morgan fingerprint density at radius 1 is 0.600 bits per heavy atom. The highest BCUT2D eigenvalue weighted by Gasteiger charge is 2.10. The molecular weight excluding hydrogens is 326 g/mol. The molecule has 0 aliphatic carbocycles. The lowest BCUT2D eigenvalue weighted by molar-refractivity contribution is -0.884. The second-order valence-electron chi connectivity index (χ2n) is 8.43. The van der Waals surface area contributed by atoms with E-state index in [0.717, 1.165) is 11.0 Å². The summed E-state index contributed by atoms with van der Waals surface area (Å²) in [7, 11) is 4.62. The van der Waals surface area contributed by atoms with Crippen molar-refractivity contribution >= 4 is 0 Å². The fourth-order valence-electron chi connectivity index (χ4n) is 3.53. The van der Waals surface area contributed by atoms with Gasteiger partial charge in [0, 0.05) is 0 Å². The second kappa shape index (κ2) is 20.3. The zero-order valence-corrected chi connectivity index (χ0v) is 18.6. The molecule has 0 saturated heterocycles. The van der Waals surface area contributed by atoms with E-state index >= 15 is 0 Å². The van der Waals surface area contributed by atoms with E-state index in [4.69, 9.17) is 0 Å². The average Bonchev–Trinajstić information content (AvgIpc) is 2.54. The molecule has 0 atom stereocenters.